The Balaban J connectivity index is 4.40. The quantitative estimate of drug-likeness (QED) is 0.618. The molecule has 3 nitrogen and oxygen atoms in total. The summed E-state index contributed by atoms with van der Waals surface area (Å²) < 4.78 is 0. The van der Waals surface area contributed by atoms with Crippen LogP contribution in [-0.2, 0) is 4.79 Å². The molecule has 0 amide bonds. The van der Waals surface area contributed by atoms with Gasteiger partial charge in [0.25, 0.3) is 0 Å². The first kappa shape index (κ1) is 16.4. The topological polar surface area (TPSA) is 49.3 Å². The summed E-state index contributed by atoms with van der Waals surface area (Å²) in [5.41, 5.74) is -0.584. The van der Waals surface area contributed by atoms with Crippen LogP contribution in [-0.4, -0.2) is 23.7 Å². The van der Waals surface area contributed by atoms with Crippen molar-refractivity contribution in [2.24, 2.45) is 5.41 Å². The van der Waals surface area contributed by atoms with Crippen molar-refractivity contribution in [3.8, 4) is 0 Å². The second-order valence-electron chi connectivity index (χ2n) is 4.95. The second kappa shape index (κ2) is 8.51. The third-order valence-corrected chi connectivity index (χ3v) is 3.81. The predicted molar refractivity (Wildman–Crippen MR) is 72.3 cm³/mol. The summed E-state index contributed by atoms with van der Waals surface area (Å²) in [5, 5.41) is 12.8. The van der Waals surface area contributed by atoms with E-state index in [-0.39, 0.29) is 0 Å². The lowest BCUT2D eigenvalue weighted by molar-refractivity contribution is -0.149. The first-order valence-electron chi connectivity index (χ1n) is 7.03. The minimum absolute atomic E-state index is 0.474. The van der Waals surface area contributed by atoms with E-state index in [2.05, 4.69) is 19.2 Å². The summed E-state index contributed by atoms with van der Waals surface area (Å²) in [6, 6.07) is 0.474. The van der Waals surface area contributed by atoms with Gasteiger partial charge in [-0.15, -0.1) is 0 Å². The minimum Gasteiger partial charge on any atom is -0.481 e. The molecule has 0 unspecified atom stereocenters. The molecule has 0 aliphatic rings. The third-order valence-electron chi connectivity index (χ3n) is 3.81. The molecule has 2 N–H and O–H groups in total. The smallest absolute Gasteiger partial charge is 0.310 e. The number of carboxylic acids is 1. The van der Waals surface area contributed by atoms with Crippen LogP contribution in [0.4, 0.5) is 0 Å². The van der Waals surface area contributed by atoms with Gasteiger partial charge in [0.05, 0.1) is 5.41 Å². The first-order valence-corrected chi connectivity index (χ1v) is 7.03. The Hall–Kier alpha value is -0.570. The summed E-state index contributed by atoms with van der Waals surface area (Å²) >= 11 is 0. The Morgan fingerprint density at radius 2 is 1.59 bits per heavy atom. The van der Waals surface area contributed by atoms with Crippen LogP contribution in [0.3, 0.4) is 0 Å². The fourth-order valence-electron chi connectivity index (χ4n) is 2.26. The number of hydrogen-bond donors (Lipinski definition) is 2. The average molecular weight is 243 g/mol. The van der Waals surface area contributed by atoms with E-state index in [1.165, 1.54) is 0 Å². The van der Waals surface area contributed by atoms with Crippen LogP contribution in [0.15, 0.2) is 0 Å². The second-order valence-corrected chi connectivity index (χ2v) is 4.95. The van der Waals surface area contributed by atoms with Crippen LogP contribution >= 0.6 is 0 Å². The standard InChI is InChI=1S/C14H29NO2/c1-5-9-12(10-6-2)15-11-14(7-3,8-4)13(16)17/h12,15H,5-11H2,1-4H3,(H,16,17). The van der Waals surface area contributed by atoms with E-state index >= 15 is 0 Å². The van der Waals surface area contributed by atoms with Crippen LogP contribution < -0.4 is 5.32 Å². The minimum atomic E-state index is -0.665. The molecule has 0 saturated heterocycles. The maximum Gasteiger partial charge on any atom is 0.310 e. The van der Waals surface area contributed by atoms with E-state index in [9.17, 15) is 9.90 Å². The molecule has 0 aliphatic carbocycles. The van der Waals surface area contributed by atoms with Crippen LogP contribution in [0.5, 0.6) is 0 Å². The molecular formula is C14H29NO2. The van der Waals surface area contributed by atoms with Crippen LogP contribution in [0.1, 0.15) is 66.2 Å². The van der Waals surface area contributed by atoms with E-state index in [1.807, 2.05) is 13.8 Å². The molecule has 0 spiro atoms. The van der Waals surface area contributed by atoms with Gasteiger partial charge in [-0.3, -0.25) is 4.79 Å². The van der Waals surface area contributed by atoms with Gasteiger partial charge < -0.3 is 10.4 Å². The van der Waals surface area contributed by atoms with Gasteiger partial charge in [0.15, 0.2) is 0 Å². The molecule has 0 saturated carbocycles. The van der Waals surface area contributed by atoms with E-state index in [0.717, 1.165) is 25.7 Å². The molecule has 0 aromatic carbocycles. The van der Waals surface area contributed by atoms with Crippen molar-refractivity contribution in [3.05, 3.63) is 0 Å². The van der Waals surface area contributed by atoms with Crippen molar-refractivity contribution in [2.75, 3.05) is 6.54 Å². The predicted octanol–water partition coefficient (Wildman–Crippen LogP) is 3.44. The monoisotopic (exact) mass is 243 g/mol. The molecule has 0 bridgehead atoms. The van der Waals surface area contributed by atoms with Crippen molar-refractivity contribution < 1.29 is 9.90 Å². The Morgan fingerprint density at radius 3 is 1.88 bits per heavy atom. The molecule has 0 atom stereocenters. The Bertz CT molecular complexity index is 206. The highest BCUT2D eigenvalue weighted by Crippen LogP contribution is 2.26. The van der Waals surface area contributed by atoms with Crippen LogP contribution in [0.25, 0.3) is 0 Å². The highest BCUT2D eigenvalue weighted by Gasteiger charge is 2.34. The molecule has 0 aromatic rings. The van der Waals surface area contributed by atoms with Gasteiger partial charge in [0.1, 0.15) is 0 Å². The van der Waals surface area contributed by atoms with E-state index in [4.69, 9.17) is 0 Å². The van der Waals surface area contributed by atoms with Gasteiger partial charge in [0.2, 0.25) is 0 Å². The van der Waals surface area contributed by atoms with Gasteiger partial charge in [-0.1, -0.05) is 40.5 Å². The van der Waals surface area contributed by atoms with Crippen LogP contribution in [0.2, 0.25) is 0 Å². The molecular weight excluding hydrogens is 214 g/mol. The third kappa shape index (κ3) is 5.07. The molecule has 102 valence electrons. The Kier molecular flexibility index (Phi) is 8.23. The summed E-state index contributed by atoms with van der Waals surface area (Å²) in [4.78, 5) is 11.4. The maximum atomic E-state index is 11.4. The van der Waals surface area contributed by atoms with Gasteiger partial charge in [0, 0.05) is 12.6 Å². The van der Waals surface area contributed by atoms with Crippen LogP contribution in [0, 0.1) is 5.41 Å². The lowest BCUT2D eigenvalue weighted by Gasteiger charge is -2.29. The summed E-state index contributed by atoms with van der Waals surface area (Å²) in [6.45, 7) is 8.88. The fourth-order valence-corrected chi connectivity index (χ4v) is 2.26. The van der Waals surface area contributed by atoms with E-state index in [1.54, 1.807) is 0 Å². The van der Waals surface area contributed by atoms with Gasteiger partial charge in [-0.2, -0.15) is 0 Å². The maximum absolute atomic E-state index is 11.4. The Labute approximate surface area is 106 Å². The van der Waals surface area contributed by atoms with E-state index in [0.29, 0.717) is 25.4 Å². The first-order chi connectivity index (χ1) is 8.06. The fraction of sp³-hybridized carbons (Fsp3) is 0.929. The number of carboxylic acid groups (broad SMARTS) is 1. The Morgan fingerprint density at radius 1 is 1.12 bits per heavy atom. The van der Waals surface area contributed by atoms with Crippen molar-refractivity contribution in [1.82, 2.24) is 5.32 Å². The number of aliphatic carboxylic acids is 1. The average Bonchev–Trinajstić information content (AvgIpc) is 2.31. The SMILES string of the molecule is CCCC(CCC)NCC(CC)(CC)C(=O)O. The lowest BCUT2D eigenvalue weighted by atomic mass is 9.82. The molecule has 17 heavy (non-hydrogen) atoms. The molecule has 0 rings (SSSR count). The molecule has 0 aliphatic heterocycles. The highest BCUT2D eigenvalue weighted by molar-refractivity contribution is 5.74. The van der Waals surface area contributed by atoms with Crippen molar-refractivity contribution in [1.29, 1.82) is 0 Å². The van der Waals surface area contributed by atoms with Crippen molar-refractivity contribution >= 4 is 5.97 Å². The van der Waals surface area contributed by atoms with Gasteiger partial charge in [-0.05, 0) is 25.7 Å². The molecule has 3 heteroatoms. The summed E-state index contributed by atoms with van der Waals surface area (Å²) in [5.74, 6) is -0.665. The zero-order valence-electron chi connectivity index (χ0n) is 11.9. The zero-order chi connectivity index (χ0) is 13.3. The normalized spacial score (nSPS) is 12.1. The zero-order valence-corrected chi connectivity index (χ0v) is 11.9. The van der Waals surface area contributed by atoms with Crippen molar-refractivity contribution in [2.45, 2.75) is 72.3 Å². The number of hydrogen-bond acceptors (Lipinski definition) is 2. The number of nitrogens with one attached hydrogen (secondary N) is 1. The summed E-state index contributed by atoms with van der Waals surface area (Å²) in [7, 11) is 0. The molecule has 0 aromatic heterocycles. The number of rotatable bonds is 10. The summed E-state index contributed by atoms with van der Waals surface area (Å²) in [6.07, 6.45) is 5.95. The number of carbonyl (C=O) groups is 1. The molecule has 0 radical (unpaired) electrons. The van der Waals surface area contributed by atoms with E-state index < -0.39 is 11.4 Å². The molecule has 0 heterocycles. The highest BCUT2D eigenvalue weighted by atomic mass is 16.4. The van der Waals surface area contributed by atoms with Gasteiger partial charge in [-0.25, -0.2) is 0 Å². The largest absolute Gasteiger partial charge is 0.481 e. The molecule has 0 fully saturated rings. The lowest BCUT2D eigenvalue weighted by Crippen LogP contribution is -2.44. The van der Waals surface area contributed by atoms with Crippen molar-refractivity contribution in [3.63, 3.8) is 0 Å². The van der Waals surface area contributed by atoms with Gasteiger partial charge >= 0.3 is 5.97 Å².